The summed E-state index contributed by atoms with van der Waals surface area (Å²) in [5.74, 6) is 0.817. The molecule has 2 saturated heterocycles. The number of rotatable bonds is 5. The third-order valence-electron chi connectivity index (χ3n) is 5.44. The molecule has 2 aliphatic heterocycles. The lowest BCUT2D eigenvalue weighted by atomic mass is 9.99. The molecule has 27 heavy (non-hydrogen) atoms. The molecule has 0 atom stereocenters. The molecule has 2 aliphatic rings. The van der Waals surface area contributed by atoms with Crippen molar-refractivity contribution in [3.63, 3.8) is 0 Å². The van der Waals surface area contributed by atoms with Crippen molar-refractivity contribution in [1.29, 1.82) is 0 Å². The lowest BCUT2D eigenvalue weighted by Gasteiger charge is -2.38. The fourth-order valence-electron chi connectivity index (χ4n) is 3.62. The van der Waals surface area contributed by atoms with Crippen molar-refractivity contribution >= 4 is 32.1 Å². The predicted octanol–water partition coefficient (Wildman–Crippen LogP) is 1.43. The van der Waals surface area contributed by atoms with Crippen molar-refractivity contribution in [2.45, 2.75) is 24.5 Å². The number of guanidine groups is 1. The van der Waals surface area contributed by atoms with Gasteiger partial charge in [0.1, 0.15) is 0 Å². The van der Waals surface area contributed by atoms with Gasteiger partial charge in [0.05, 0.1) is 16.3 Å². The number of hydrogen-bond acceptors (Lipinski definition) is 6. The third kappa shape index (κ3) is 4.75. The minimum atomic E-state index is -3.21. The molecule has 0 radical (unpaired) electrons. The van der Waals surface area contributed by atoms with E-state index in [9.17, 15) is 8.42 Å². The molecule has 0 saturated carbocycles. The first-order valence-corrected chi connectivity index (χ1v) is 12.3. The van der Waals surface area contributed by atoms with Gasteiger partial charge in [-0.3, -0.25) is 4.99 Å². The van der Waals surface area contributed by atoms with Crippen LogP contribution in [0.1, 0.15) is 19.8 Å². The maximum Gasteiger partial charge on any atom is 0.194 e. The first-order valence-electron chi connectivity index (χ1n) is 9.54. The first kappa shape index (κ1) is 20.4. The summed E-state index contributed by atoms with van der Waals surface area (Å²) in [6.45, 7) is 7.69. The number of piperazine rings is 1. The van der Waals surface area contributed by atoms with E-state index in [1.54, 1.807) is 11.3 Å². The number of sulfone groups is 1. The Kier molecular flexibility index (Phi) is 6.65. The molecule has 3 rings (SSSR count). The zero-order valence-corrected chi connectivity index (χ0v) is 17.8. The smallest absolute Gasteiger partial charge is 0.194 e. The molecule has 0 spiro atoms. The van der Waals surface area contributed by atoms with Gasteiger partial charge in [-0.15, -0.1) is 11.3 Å². The molecule has 2 fully saturated rings. The molecule has 9 heteroatoms. The minimum Gasteiger partial charge on any atom is -0.381 e. The molecule has 1 aromatic rings. The summed E-state index contributed by atoms with van der Waals surface area (Å²) in [4.78, 5) is 9.40. The van der Waals surface area contributed by atoms with Crippen LogP contribution in [-0.2, 0) is 14.6 Å². The van der Waals surface area contributed by atoms with Crippen LogP contribution in [0.4, 0.5) is 5.00 Å². The van der Waals surface area contributed by atoms with Gasteiger partial charge >= 0.3 is 0 Å². The quantitative estimate of drug-likeness (QED) is 0.580. The van der Waals surface area contributed by atoms with Crippen LogP contribution < -0.4 is 10.2 Å². The number of aliphatic imine (C=N–C) groups is 1. The number of anilines is 1. The Hall–Kier alpha value is -1.32. The van der Waals surface area contributed by atoms with Crippen molar-refractivity contribution in [3.05, 3.63) is 17.5 Å². The molecule has 1 N–H and O–H groups in total. The molecule has 3 heterocycles. The van der Waals surface area contributed by atoms with E-state index in [0.29, 0.717) is 32.6 Å². The molecule has 0 aliphatic carbocycles. The largest absolute Gasteiger partial charge is 0.381 e. The second kappa shape index (κ2) is 8.79. The Morgan fingerprint density at radius 1 is 1.30 bits per heavy atom. The van der Waals surface area contributed by atoms with Crippen LogP contribution in [0.15, 0.2) is 22.5 Å². The van der Waals surface area contributed by atoms with Gasteiger partial charge in [-0.1, -0.05) is 0 Å². The van der Waals surface area contributed by atoms with Gasteiger partial charge in [0.2, 0.25) is 0 Å². The molecule has 152 valence electrons. The molecular formula is C18H30N4O3S2. The normalized spacial score (nSPS) is 21.3. The van der Waals surface area contributed by atoms with Crippen molar-refractivity contribution in [1.82, 2.24) is 10.2 Å². The molecule has 0 unspecified atom stereocenters. The average molecular weight is 415 g/mol. The van der Waals surface area contributed by atoms with Gasteiger partial charge in [-0.05, 0) is 37.3 Å². The molecule has 0 aromatic carbocycles. The van der Waals surface area contributed by atoms with Gasteiger partial charge < -0.3 is 19.9 Å². The van der Waals surface area contributed by atoms with Crippen LogP contribution in [0.2, 0.25) is 0 Å². The van der Waals surface area contributed by atoms with Gasteiger partial charge in [0.15, 0.2) is 15.8 Å². The van der Waals surface area contributed by atoms with Crippen molar-refractivity contribution in [2.75, 3.05) is 63.6 Å². The molecule has 0 bridgehead atoms. The molecule has 7 nitrogen and oxygen atoms in total. The second-order valence-electron chi connectivity index (χ2n) is 7.16. The Labute approximate surface area is 166 Å². The third-order valence-corrected chi connectivity index (χ3v) is 8.48. The Morgan fingerprint density at radius 2 is 2.00 bits per heavy atom. The monoisotopic (exact) mass is 414 g/mol. The van der Waals surface area contributed by atoms with Crippen molar-refractivity contribution in [2.24, 2.45) is 4.99 Å². The fraction of sp³-hybridized carbons (Fsp3) is 0.722. The van der Waals surface area contributed by atoms with E-state index in [2.05, 4.69) is 32.6 Å². The number of nitrogens with zero attached hydrogens (tertiary/aromatic N) is 3. The number of hydrogen-bond donors (Lipinski definition) is 1. The van der Waals surface area contributed by atoms with Gasteiger partial charge in [-0.25, -0.2) is 8.42 Å². The topological polar surface area (TPSA) is 74.2 Å². The van der Waals surface area contributed by atoms with Crippen LogP contribution in [0.25, 0.3) is 0 Å². The zero-order valence-electron chi connectivity index (χ0n) is 16.2. The van der Waals surface area contributed by atoms with E-state index >= 15 is 0 Å². The van der Waals surface area contributed by atoms with Crippen LogP contribution in [0, 0.1) is 0 Å². The fourth-order valence-corrected chi connectivity index (χ4v) is 5.62. The highest BCUT2D eigenvalue weighted by Gasteiger charge is 2.42. The highest BCUT2D eigenvalue weighted by Crippen LogP contribution is 2.30. The van der Waals surface area contributed by atoms with E-state index in [0.717, 1.165) is 38.7 Å². The summed E-state index contributed by atoms with van der Waals surface area (Å²) >= 11 is 1.76. The van der Waals surface area contributed by atoms with Crippen molar-refractivity contribution in [3.8, 4) is 0 Å². The minimum absolute atomic E-state index is 0.294. The molecule has 0 amide bonds. The summed E-state index contributed by atoms with van der Waals surface area (Å²) in [5.41, 5.74) is 0. The summed E-state index contributed by atoms with van der Waals surface area (Å²) in [6.07, 6.45) is 2.36. The first-order chi connectivity index (χ1) is 13.0. The van der Waals surface area contributed by atoms with Crippen LogP contribution in [0.5, 0.6) is 0 Å². The lowest BCUT2D eigenvalue weighted by Crippen LogP contribution is -2.53. The highest BCUT2D eigenvalue weighted by molar-refractivity contribution is 7.92. The van der Waals surface area contributed by atoms with E-state index in [1.165, 1.54) is 11.3 Å². The number of ether oxygens (including phenoxy) is 1. The molecular weight excluding hydrogens is 384 g/mol. The zero-order chi connectivity index (χ0) is 19.3. The highest BCUT2D eigenvalue weighted by atomic mass is 32.2. The maximum absolute atomic E-state index is 12.5. The van der Waals surface area contributed by atoms with Gasteiger partial charge in [-0.2, -0.15) is 0 Å². The van der Waals surface area contributed by atoms with Crippen LogP contribution in [0.3, 0.4) is 0 Å². The van der Waals surface area contributed by atoms with Crippen LogP contribution >= 0.6 is 11.3 Å². The van der Waals surface area contributed by atoms with E-state index < -0.39 is 14.6 Å². The Morgan fingerprint density at radius 3 is 2.56 bits per heavy atom. The standard InChI is InChI=1S/C18H30N4O3S2/c1-3-19-17(20-15-18(27(2,23)24)6-12-25-13-7-18)22-10-8-21(9-11-22)16-5-4-14-26-16/h4-5,14H,3,6-13,15H2,1-2H3,(H,19,20). The average Bonchev–Trinajstić information content (AvgIpc) is 3.20. The Balaban J connectivity index is 1.69. The SMILES string of the molecule is CCNC(=NCC1(S(C)(=O)=O)CCOCC1)N1CCN(c2cccs2)CC1. The summed E-state index contributed by atoms with van der Waals surface area (Å²) < 4.78 is 29.5. The summed E-state index contributed by atoms with van der Waals surface area (Å²) in [7, 11) is -3.21. The van der Waals surface area contributed by atoms with Gasteiger partial charge in [0, 0.05) is 52.2 Å². The molecule has 1 aromatic heterocycles. The Bertz CT molecular complexity index is 720. The maximum atomic E-state index is 12.5. The van der Waals surface area contributed by atoms with E-state index in [-0.39, 0.29) is 0 Å². The summed E-state index contributed by atoms with van der Waals surface area (Å²) in [5, 5.41) is 6.75. The number of thiophene rings is 1. The number of nitrogens with one attached hydrogen (secondary N) is 1. The van der Waals surface area contributed by atoms with E-state index in [1.807, 2.05) is 6.92 Å². The lowest BCUT2D eigenvalue weighted by molar-refractivity contribution is 0.0767. The predicted molar refractivity (Wildman–Crippen MR) is 112 cm³/mol. The summed E-state index contributed by atoms with van der Waals surface area (Å²) in [6, 6.07) is 4.23. The van der Waals surface area contributed by atoms with Gasteiger partial charge in [0.25, 0.3) is 0 Å². The van der Waals surface area contributed by atoms with E-state index in [4.69, 9.17) is 9.73 Å². The van der Waals surface area contributed by atoms with Crippen LogP contribution in [-0.4, -0.2) is 82.8 Å². The second-order valence-corrected chi connectivity index (χ2v) is 10.5. The van der Waals surface area contributed by atoms with Crippen molar-refractivity contribution < 1.29 is 13.2 Å².